The first-order valence-electron chi connectivity index (χ1n) is 6.15. The zero-order valence-corrected chi connectivity index (χ0v) is 10.2. The summed E-state index contributed by atoms with van der Waals surface area (Å²) < 4.78 is 10.9. The zero-order chi connectivity index (χ0) is 12.5. The first-order valence-corrected chi connectivity index (χ1v) is 6.15. The molecule has 3 atom stereocenters. The molecule has 0 spiro atoms. The molecule has 3 rings (SSSR count). The van der Waals surface area contributed by atoms with E-state index in [4.69, 9.17) is 9.15 Å². The summed E-state index contributed by atoms with van der Waals surface area (Å²) >= 11 is 0. The second-order valence-electron chi connectivity index (χ2n) is 4.59. The maximum atomic E-state index is 12.5. The van der Waals surface area contributed by atoms with Gasteiger partial charge in [-0.3, -0.25) is 9.69 Å². The lowest BCUT2D eigenvalue weighted by Gasteiger charge is -2.25. The summed E-state index contributed by atoms with van der Waals surface area (Å²) in [5.41, 5.74) is 0. The Hall–Kier alpha value is -1.75. The van der Waals surface area contributed by atoms with E-state index in [1.165, 1.54) is 0 Å². The normalized spacial score (nSPS) is 31.1. The maximum absolute atomic E-state index is 12.5. The summed E-state index contributed by atoms with van der Waals surface area (Å²) in [6.45, 7) is 0.652. The average molecular weight is 248 g/mol. The second kappa shape index (κ2) is 4.49. The minimum Gasteiger partial charge on any atom is -0.496 e. The lowest BCUT2D eigenvalue weighted by molar-refractivity contribution is -0.122. The predicted octanol–water partition coefficient (Wildman–Crippen LogP) is 1.13. The lowest BCUT2D eigenvalue weighted by atomic mass is 9.96. The molecule has 3 unspecified atom stereocenters. The number of fused-ring (bicyclic) bond motifs is 1. The van der Waals surface area contributed by atoms with Crippen molar-refractivity contribution in [3.8, 4) is 0 Å². The summed E-state index contributed by atoms with van der Waals surface area (Å²) in [4.78, 5) is 14.2. The number of rotatable bonds is 2. The Bertz CT molecular complexity index is 455. The van der Waals surface area contributed by atoms with Gasteiger partial charge < -0.3 is 14.5 Å². The molecule has 0 saturated carbocycles. The Morgan fingerprint density at radius 3 is 3.11 bits per heavy atom. The molecule has 5 heteroatoms. The van der Waals surface area contributed by atoms with Crippen LogP contribution in [0.4, 0.5) is 5.88 Å². The second-order valence-corrected chi connectivity index (χ2v) is 4.59. The van der Waals surface area contributed by atoms with Crippen LogP contribution < -0.4 is 10.2 Å². The number of hydrogen-bond acceptors (Lipinski definition) is 4. The number of likely N-dealkylation sites (N-methyl/N-ethyl adjacent to an activating group) is 1. The number of carbonyl (C=O) groups is 1. The topological polar surface area (TPSA) is 54.7 Å². The van der Waals surface area contributed by atoms with Crippen molar-refractivity contribution in [2.75, 3.05) is 18.5 Å². The number of furan rings is 1. The molecular weight excluding hydrogens is 232 g/mol. The minimum atomic E-state index is -0.336. The van der Waals surface area contributed by atoms with Gasteiger partial charge in [-0.25, -0.2) is 0 Å². The van der Waals surface area contributed by atoms with Gasteiger partial charge in [-0.2, -0.15) is 0 Å². The van der Waals surface area contributed by atoms with Crippen molar-refractivity contribution in [1.82, 2.24) is 5.32 Å². The molecule has 1 N–H and O–H groups in total. The molecule has 1 fully saturated rings. The van der Waals surface area contributed by atoms with Gasteiger partial charge >= 0.3 is 0 Å². The van der Waals surface area contributed by atoms with Gasteiger partial charge in [0.1, 0.15) is 12.1 Å². The Kier molecular flexibility index (Phi) is 2.83. The smallest absolute Gasteiger partial charge is 0.250 e. The van der Waals surface area contributed by atoms with Crippen LogP contribution in [0.2, 0.25) is 0 Å². The third kappa shape index (κ3) is 1.71. The number of amides is 1. The van der Waals surface area contributed by atoms with E-state index in [-0.39, 0.29) is 24.0 Å². The molecule has 0 aromatic carbocycles. The molecule has 1 aromatic heterocycles. The number of anilines is 1. The SMILES string of the molecule is CNC1C(=O)N(c2ccco2)CCC2C=COC21. The fourth-order valence-electron chi connectivity index (χ4n) is 2.66. The molecule has 1 saturated heterocycles. The van der Waals surface area contributed by atoms with Crippen molar-refractivity contribution in [2.24, 2.45) is 5.92 Å². The van der Waals surface area contributed by atoms with Gasteiger partial charge in [0, 0.05) is 18.5 Å². The van der Waals surface area contributed by atoms with Crippen molar-refractivity contribution < 1.29 is 13.9 Å². The average Bonchev–Trinajstić information content (AvgIpc) is 3.01. The van der Waals surface area contributed by atoms with E-state index in [2.05, 4.69) is 5.32 Å². The Morgan fingerprint density at radius 2 is 2.39 bits per heavy atom. The van der Waals surface area contributed by atoms with Crippen LogP contribution in [-0.2, 0) is 9.53 Å². The number of carbonyl (C=O) groups excluding carboxylic acids is 1. The van der Waals surface area contributed by atoms with Crippen LogP contribution in [0.1, 0.15) is 6.42 Å². The van der Waals surface area contributed by atoms with Crippen molar-refractivity contribution in [3.63, 3.8) is 0 Å². The Morgan fingerprint density at radius 1 is 1.50 bits per heavy atom. The van der Waals surface area contributed by atoms with Gasteiger partial charge in [-0.05, 0) is 25.6 Å². The maximum Gasteiger partial charge on any atom is 0.250 e. The molecule has 1 aromatic rings. The highest BCUT2D eigenvalue weighted by atomic mass is 16.5. The molecular formula is C13H16N2O3. The number of nitrogens with one attached hydrogen (secondary N) is 1. The molecule has 5 nitrogen and oxygen atoms in total. The van der Waals surface area contributed by atoms with Crippen molar-refractivity contribution in [2.45, 2.75) is 18.6 Å². The van der Waals surface area contributed by atoms with Gasteiger partial charge in [-0.15, -0.1) is 0 Å². The highest BCUT2D eigenvalue weighted by Gasteiger charge is 2.42. The largest absolute Gasteiger partial charge is 0.496 e. The molecule has 0 aliphatic carbocycles. The van der Waals surface area contributed by atoms with Gasteiger partial charge in [0.2, 0.25) is 11.8 Å². The van der Waals surface area contributed by atoms with Crippen LogP contribution in [0.5, 0.6) is 0 Å². The highest BCUT2D eigenvalue weighted by Crippen LogP contribution is 2.30. The molecule has 2 aliphatic heterocycles. The van der Waals surface area contributed by atoms with Crippen LogP contribution in [0.25, 0.3) is 0 Å². The summed E-state index contributed by atoms with van der Waals surface area (Å²) in [6.07, 6.45) is 6.09. The minimum absolute atomic E-state index is 0.00338. The monoisotopic (exact) mass is 248 g/mol. The molecule has 0 radical (unpaired) electrons. The third-order valence-corrected chi connectivity index (χ3v) is 3.61. The predicted molar refractivity (Wildman–Crippen MR) is 66.0 cm³/mol. The Labute approximate surface area is 105 Å². The van der Waals surface area contributed by atoms with Crippen LogP contribution >= 0.6 is 0 Å². The van der Waals surface area contributed by atoms with E-state index >= 15 is 0 Å². The van der Waals surface area contributed by atoms with Crippen LogP contribution in [0.3, 0.4) is 0 Å². The fraction of sp³-hybridized carbons (Fsp3) is 0.462. The fourth-order valence-corrected chi connectivity index (χ4v) is 2.66. The first-order chi connectivity index (χ1) is 8.81. The molecule has 3 heterocycles. The third-order valence-electron chi connectivity index (χ3n) is 3.61. The van der Waals surface area contributed by atoms with E-state index in [0.29, 0.717) is 12.4 Å². The number of nitrogens with zero attached hydrogens (tertiary/aromatic N) is 1. The van der Waals surface area contributed by atoms with Gasteiger partial charge in [-0.1, -0.05) is 0 Å². The van der Waals surface area contributed by atoms with Crippen LogP contribution in [-0.4, -0.2) is 31.6 Å². The molecule has 2 aliphatic rings. The van der Waals surface area contributed by atoms with E-state index in [1.54, 1.807) is 30.5 Å². The summed E-state index contributed by atoms with van der Waals surface area (Å²) in [5.74, 6) is 0.888. The number of hydrogen-bond donors (Lipinski definition) is 1. The summed E-state index contributed by atoms with van der Waals surface area (Å²) in [6, 6.07) is 3.26. The van der Waals surface area contributed by atoms with Crippen molar-refractivity contribution in [3.05, 3.63) is 30.7 Å². The molecule has 0 bridgehead atoms. The highest BCUT2D eigenvalue weighted by molar-refractivity contribution is 5.97. The summed E-state index contributed by atoms with van der Waals surface area (Å²) in [5, 5.41) is 3.06. The molecule has 96 valence electrons. The molecule has 18 heavy (non-hydrogen) atoms. The summed E-state index contributed by atoms with van der Waals surface area (Å²) in [7, 11) is 1.78. The molecule has 1 amide bonds. The quantitative estimate of drug-likeness (QED) is 0.852. The van der Waals surface area contributed by atoms with E-state index in [9.17, 15) is 4.79 Å². The zero-order valence-electron chi connectivity index (χ0n) is 10.2. The van der Waals surface area contributed by atoms with E-state index in [0.717, 1.165) is 6.42 Å². The van der Waals surface area contributed by atoms with Crippen LogP contribution in [0, 0.1) is 5.92 Å². The van der Waals surface area contributed by atoms with Gasteiger partial charge in [0.05, 0.1) is 12.5 Å². The number of ether oxygens (including phenoxy) is 1. The first kappa shape index (κ1) is 11.3. The van der Waals surface area contributed by atoms with Gasteiger partial charge in [0.25, 0.3) is 0 Å². The lowest BCUT2D eigenvalue weighted by Crippen LogP contribution is -2.50. The van der Waals surface area contributed by atoms with Crippen molar-refractivity contribution >= 4 is 11.8 Å². The van der Waals surface area contributed by atoms with Crippen LogP contribution in [0.15, 0.2) is 35.2 Å². The van der Waals surface area contributed by atoms with Gasteiger partial charge in [0.15, 0.2) is 0 Å². The van der Waals surface area contributed by atoms with E-state index < -0.39 is 0 Å². The van der Waals surface area contributed by atoms with E-state index in [1.807, 2.05) is 12.1 Å². The Balaban J connectivity index is 1.90. The van der Waals surface area contributed by atoms with Crippen molar-refractivity contribution in [1.29, 1.82) is 0 Å². The standard InChI is InChI=1S/C13H16N2O3/c1-14-11-12-9(5-8-18-12)4-6-15(13(11)16)10-3-2-7-17-10/h2-3,5,7-9,11-12,14H,4,6H2,1H3.